The van der Waals surface area contributed by atoms with Crippen LogP contribution in [-0.2, 0) is 0 Å². The Hall–Kier alpha value is -1.78. The van der Waals surface area contributed by atoms with Crippen molar-refractivity contribution in [1.82, 2.24) is 4.90 Å². The number of aromatic carboxylic acids is 1. The van der Waals surface area contributed by atoms with Crippen LogP contribution in [0.2, 0.25) is 0 Å². The first kappa shape index (κ1) is 12.7. The molecule has 1 aliphatic rings. The minimum atomic E-state index is -1.08. The van der Waals surface area contributed by atoms with Crippen molar-refractivity contribution in [3.63, 3.8) is 0 Å². The van der Waals surface area contributed by atoms with E-state index in [0.717, 1.165) is 12.7 Å². The molecule has 1 aliphatic heterocycles. The first-order valence-electron chi connectivity index (χ1n) is 6.10. The lowest BCUT2D eigenvalue weighted by molar-refractivity contribution is 0.0595. The fourth-order valence-electron chi connectivity index (χ4n) is 2.16. The fourth-order valence-corrected chi connectivity index (χ4v) is 2.16. The number of rotatable bonds is 2. The van der Waals surface area contributed by atoms with Crippen LogP contribution in [0.5, 0.6) is 0 Å². The van der Waals surface area contributed by atoms with Crippen LogP contribution in [-0.4, -0.2) is 35.0 Å². The molecule has 5 heteroatoms. The fraction of sp³-hybridized carbons (Fsp3) is 0.538. The van der Waals surface area contributed by atoms with Crippen molar-refractivity contribution in [2.75, 3.05) is 13.1 Å². The average Bonchev–Trinajstić information content (AvgIpc) is 2.81. The highest BCUT2D eigenvalue weighted by Crippen LogP contribution is 2.24. The van der Waals surface area contributed by atoms with Gasteiger partial charge in [0.15, 0.2) is 5.76 Å². The predicted molar refractivity (Wildman–Crippen MR) is 64.5 cm³/mol. The molecule has 1 saturated heterocycles. The molecule has 0 aromatic carbocycles. The average molecular weight is 251 g/mol. The molecule has 1 fully saturated rings. The van der Waals surface area contributed by atoms with Gasteiger partial charge in [-0.3, -0.25) is 4.79 Å². The molecule has 18 heavy (non-hydrogen) atoms. The van der Waals surface area contributed by atoms with Gasteiger partial charge in [0.1, 0.15) is 6.26 Å². The number of carbonyl (C=O) groups is 2. The number of furan rings is 1. The van der Waals surface area contributed by atoms with Gasteiger partial charge >= 0.3 is 5.97 Å². The van der Waals surface area contributed by atoms with E-state index in [1.807, 2.05) is 0 Å². The molecule has 0 radical (unpaired) electrons. The molecular weight excluding hydrogens is 234 g/mol. The van der Waals surface area contributed by atoms with Crippen LogP contribution in [0.25, 0.3) is 0 Å². The third-order valence-corrected chi connectivity index (χ3v) is 3.68. The Kier molecular flexibility index (Phi) is 3.41. The zero-order valence-electron chi connectivity index (χ0n) is 10.5. The quantitative estimate of drug-likeness (QED) is 0.873. The van der Waals surface area contributed by atoms with Crippen molar-refractivity contribution in [1.29, 1.82) is 0 Å². The second-order valence-corrected chi connectivity index (χ2v) is 5.00. The summed E-state index contributed by atoms with van der Waals surface area (Å²) in [5, 5.41) is 8.78. The molecule has 0 spiro atoms. The van der Waals surface area contributed by atoms with Crippen molar-refractivity contribution in [3.8, 4) is 0 Å². The van der Waals surface area contributed by atoms with E-state index in [-0.39, 0.29) is 17.2 Å². The highest BCUT2D eigenvalue weighted by atomic mass is 16.4. The van der Waals surface area contributed by atoms with Crippen LogP contribution in [0, 0.1) is 11.8 Å². The van der Waals surface area contributed by atoms with Crippen molar-refractivity contribution >= 4 is 11.9 Å². The van der Waals surface area contributed by atoms with E-state index in [9.17, 15) is 9.59 Å². The van der Waals surface area contributed by atoms with Crippen LogP contribution in [0.15, 0.2) is 16.7 Å². The molecule has 2 rings (SSSR count). The summed E-state index contributed by atoms with van der Waals surface area (Å²) < 4.78 is 5.03. The number of piperidine rings is 1. The minimum absolute atomic E-state index is 0.0109. The lowest BCUT2D eigenvalue weighted by Crippen LogP contribution is -2.42. The van der Waals surface area contributed by atoms with Crippen molar-refractivity contribution in [3.05, 3.63) is 23.7 Å². The summed E-state index contributed by atoms with van der Waals surface area (Å²) in [7, 11) is 0. The maximum atomic E-state index is 12.1. The van der Waals surface area contributed by atoms with Crippen LogP contribution in [0.1, 0.15) is 41.2 Å². The molecule has 2 heterocycles. The number of amides is 1. The third kappa shape index (κ3) is 2.39. The maximum Gasteiger partial charge on any atom is 0.338 e. The number of nitrogens with zero attached hydrogens (tertiary/aromatic N) is 1. The Labute approximate surface area is 105 Å². The highest BCUT2D eigenvalue weighted by Gasteiger charge is 2.28. The van der Waals surface area contributed by atoms with Crippen molar-refractivity contribution in [2.45, 2.75) is 20.3 Å². The number of hydrogen-bond donors (Lipinski definition) is 1. The monoisotopic (exact) mass is 251 g/mol. The number of likely N-dealkylation sites (tertiary alicyclic amines) is 1. The maximum absolute atomic E-state index is 12.1. The van der Waals surface area contributed by atoms with E-state index >= 15 is 0 Å². The minimum Gasteiger partial charge on any atom is -0.478 e. The van der Waals surface area contributed by atoms with Crippen molar-refractivity contribution < 1.29 is 19.1 Å². The summed E-state index contributed by atoms with van der Waals surface area (Å²) in [5.41, 5.74) is 0.0109. The van der Waals surface area contributed by atoms with Crippen LogP contribution < -0.4 is 0 Å². The first-order chi connectivity index (χ1) is 8.49. The second-order valence-electron chi connectivity index (χ2n) is 5.00. The second kappa shape index (κ2) is 4.84. The highest BCUT2D eigenvalue weighted by molar-refractivity contribution is 5.95. The van der Waals surface area contributed by atoms with E-state index in [4.69, 9.17) is 9.52 Å². The molecular formula is C13H17NO4. The Balaban J connectivity index is 2.09. The van der Waals surface area contributed by atoms with Crippen LogP contribution >= 0.6 is 0 Å². The van der Waals surface area contributed by atoms with Crippen molar-refractivity contribution in [2.24, 2.45) is 11.8 Å². The topological polar surface area (TPSA) is 70.8 Å². The number of hydrogen-bond acceptors (Lipinski definition) is 3. The van der Waals surface area contributed by atoms with Gasteiger partial charge in [0.25, 0.3) is 5.91 Å². The number of carboxylic acids is 1. The largest absolute Gasteiger partial charge is 0.478 e. The molecule has 1 aromatic heterocycles. The Morgan fingerprint density at radius 2 is 2.11 bits per heavy atom. The lowest BCUT2D eigenvalue weighted by atomic mass is 9.88. The smallest absolute Gasteiger partial charge is 0.338 e. The normalized spacial score (nSPS) is 24.0. The van der Waals surface area contributed by atoms with Crippen LogP contribution in [0.4, 0.5) is 0 Å². The molecule has 1 aromatic rings. The number of carboxylic acid groups (broad SMARTS) is 1. The molecule has 1 amide bonds. The van der Waals surface area contributed by atoms with Gasteiger partial charge in [-0.2, -0.15) is 0 Å². The summed E-state index contributed by atoms with van der Waals surface area (Å²) >= 11 is 0. The third-order valence-electron chi connectivity index (χ3n) is 3.68. The van der Waals surface area contributed by atoms with Gasteiger partial charge in [-0.25, -0.2) is 4.79 Å². The molecule has 2 unspecified atom stereocenters. The zero-order chi connectivity index (χ0) is 13.3. The van der Waals surface area contributed by atoms with Gasteiger partial charge in [-0.05, 0) is 18.3 Å². The van der Waals surface area contributed by atoms with E-state index in [1.54, 1.807) is 4.90 Å². The molecule has 1 N–H and O–H groups in total. The van der Waals surface area contributed by atoms with E-state index in [2.05, 4.69) is 13.8 Å². The molecule has 0 bridgehead atoms. The van der Waals surface area contributed by atoms with Gasteiger partial charge in [-0.1, -0.05) is 13.8 Å². The summed E-state index contributed by atoms with van der Waals surface area (Å²) in [4.78, 5) is 24.6. The molecule has 0 saturated carbocycles. The van der Waals surface area contributed by atoms with Gasteiger partial charge in [0, 0.05) is 19.2 Å². The van der Waals surface area contributed by atoms with E-state index in [1.165, 1.54) is 6.07 Å². The number of carbonyl (C=O) groups excluding carboxylic acids is 1. The summed E-state index contributed by atoms with van der Waals surface area (Å²) in [5.74, 6) is -0.134. The SMILES string of the molecule is CC1CCN(C(=O)c2cc(C(=O)O)co2)CC1C. The molecule has 98 valence electrons. The predicted octanol–water partition coefficient (Wildman–Crippen LogP) is 2.10. The van der Waals surface area contributed by atoms with Gasteiger partial charge in [0.2, 0.25) is 0 Å². The Morgan fingerprint density at radius 3 is 2.67 bits per heavy atom. The summed E-state index contributed by atoms with van der Waals surface area (Å²) in [6.07, 6.45) is 2.07. The molecule has 0 aliphatic carbocycles. The van der Waals surface area contributed by atoms with Gasteiger partial charge in [0.05, 0.1) is 5.56 Å². The standard InChI is InChI=1S/C13H17NO4/c1-8-3-4-14(6-9(8)2)12(15)11-5-10(7-18-11)13(16)17/h5,7-9H,3-4,6H2,1-2H3,(H,16,17). The lowest BCUT2D eigenvalue weighted by Gasteiger charge is -2.34. The Morgan fingerprint density at radius 1 is 1.39 bits per heavy atom. The van der Waals surface area contributed by atoms with Crippen LogP contribution in [0.3, 0.4) is 0 Å². The summed E-state index contributed by atoms with van der Waals surface area (Å²) in [6.45, 7) is 5.70. The molecule has 2 atom stereocenters. The zero-order valence-corrected chi connectivity index (χ0v) is 10.5. The summed E-state index contributed by atoms with van der Waals surface area (Å²) in [6, 6.07) is 1.29. The molecule has 5 nitrogen and oxygen atoms in total. The van der Waals surface area contributed by atoms with Gasteiger partial charge < -0.3 is 14.4 Å². The Bertz CT molecular complexity index is 465. The van der Waals surface area contributed by atoms with Gasteiger partial charge in [-0.15, -0.1) is 0 Å². The van der Waals surface area contributed by atoms with E-state index in [0.29, 0.717) is 24.9 Å². The van der Waals surface area contributed by atoms with E-state index < -0.39 is 5.97 Å². The first-order valence-corrected chi connectivity index (χ1v) is 6.10.